The molecule has 2 aromatic carbocycles. The Kier molecular flexibility index (Phi) is 3.91. The lowest BCUT2D eigenvalue weighted by atomic mass is 10.0. The van der Waals surface area contributed by atoms with Crippen LogP contribution in [0.2, 0.25) is 0 Å². The fraction of sp³-hybridized carbons (Fsp3) is 0.190. The minimum atomic E-state index is -0.0438. The third kappa shape index (κ3) is 3.11. The molecule has 23 heavy (non-hydrogen) atoms. The van der Waals surface area contributed by atoms with Crippen LogP contribution in [0.15, 0.2) is 57.7 Å². The normalized spacial score (nSPS) is 10.8. The van der Waals surface area contributed by atoms with Gasteiger partial charge >= 0.3 is 0 Å². The van der Waals surface area contributed by atoms with E-state index in [1.54, 1.807) is 12.1 Å². The highest BCUT2D eigenvalue weighted by Crippen LogP contribution is 2.27. The second-order valence-corrected chi connectivity index (χ2v) is 6.12. The van der Waals surface area contributed by atoms with Gasteiger partial charge in [0.05, 0.1) is 0 Å². The molecule has 3 aromatic rings. The minimum Gasteiger partial charge on any atom is -0.456 e. The van der Waals surface area contributed by atoms with Crippen LogP contribution in [0.1, 0.15) is 22.3 Å². The maximum atomic E-state index is 12.1. The van der Waals surface area contributed by atoms with Gasteiger partial charge in [-0.25, -0.2) is 0 Å². The maximum absolute atomic E-state index is 12.1. The SMILES string of the molecule is Cc1ccc(-c2cc(=O)cc(-c3ccc(C)c(C)c3)o2)cc1C. The first-order chi connectivity index (χ1) is 10.9. The molecular weight excluding hydrogens is 284 g/mol. The van der Waals surface area contributed by atoms with Crippen LogP contribution in [-0.2, 0) is 0 Å². The van der Waals surface area contributed by atoms with E-state index in [0.29, 0.717) is 11.5 Å². The van der Waals surface area contributed by atoms with E-state index < -0.39 is 0 Å². The van der Waals surface area contributed by atoms with Crippen LogP contribution in [0.3, 0.4) is 0 Å². The van der Waals surface area contributed by atoms with Crippen LogP contribution >= 0.6 is 0 Å². The van der Waals surface area contributed by atoms with Crippen molar-refractivity contribution in [2.75, 3.05) is 0 Å². The molecule has 0 amide bonds. The van der Waals surface area contributed by atoms with E-state index in [1.807, 2.05) is 24.3 Å². The molecule has 0 N–H and O–H groups in total. The molecule has 0 aliphatic rings. The Balaban J connectivity index is 2.13. The molecule has 0 aliphatic heterocycles. The van der Waals surface area contributed by atoms with Crippen molar-refractivity contribution in [1.29, 1.82) is 0 Å². The van der Waals surface area contributed by atoms with Crippen molar-refractivity contribution in [1.82, 2.24) is 0 Å². The zero-order valence-corrected chi connectivity index (χ0v) is 13.9. The number of aryl methyl sites for hydroxylation is 4. The number of rotatable bonds is 2. The van der Waals surface area contributed by atoms with E-state index in [-0.39, 0.29) is 5.43 Å². The van der Waals surface area contributed by atoms with Gasteiger partial charge in [0.15, 0.2) is 5.43 Å². The van der Waals surface area contributed by atoms with Crippen molar-refractivity contribution in [3.8, 4) is 22.6 Å². The summed E-state index contributed by atoms with van der Waals surface area (Å²) in [6.45, 7) is 8.26. The van der Waals surface area contributed by atoms with Crippen molar-refractivity contribution in [2.24, 2.45) is 0 Å². The van der Waals surface area contributed by atoms with Gasteiger partial charge in [-0.15, -0.1) is 0 Å². The smallest absolute Gasteiger partial charge is 0.186 e. The lowest BCUT2D eigenvalue weighted by Gasteiger charge is -2.08. The number of benzene rings is 2. The first-order valence-electron chi connectivity index (χ1n) is 7.74. The van der Waals surface area contributed by atoms with Gasteiger partial charge in [0, 0.05) is 23.3 Å². The highest BCUT2D eigenvalue weighted by Gasteiger charge is 2.09. The Bertz CT molecular complexity index is 860. The van der Waals surface area contributed by atoms with Crippen LogP contribution in [0, 0.1) is 27.7 Å². The van der Waals surface area contributed by atoms with Crippen molar-refractivity contribution in [3.05, 3.63) is 81.0 Å². The molecule has 0 radical (unpaired) electrons. The molecule has 0 aliphatic carbocycles. The summed E-state index contributed by atoms with van der Waals surface area (Å²) in [6.07, 6.45) is 0. The van der Waals surface area contributed by atoms with Crippen LogP contribution in [-0.4, -0.2) is 0 Å². The predicted octanol–water partition coefficient (Wildman–Crippen LogP) is 5.21. The fourth-order valence-corrected chi connectivity index (χ4v) is 2.55. The van der Waals surface area contributed by atoms with Crippen molar-refractivity contribution in [2.45, 2.75) is 27.7 Å². The third-order valence-electron chi connectivity index (χ3n) is 4.35. The van der Waals surface area contributed by atoms with Crippen molar-refractivity contribution in [3.63, 3.8) is 0 Å². The maximum Gasteiger partial charge on any atom is 0.186 e. The van der Waals surface area contributed by atoms with E-state index in [2.05, 4.69) is 39.8 Å². The highest BCUT2D eigenvalue weighted by molar-refractivity contribution is 5.64. The van der Waals surface area contributed by atoms with Gasteiger partial charge in [0.1, 0.15) is 11.5 Å². The van der Waals surface area contributed by atoms with Gasteiger partial charge in [-0.3, -0.25) is 4.79 Å². The lowest BCUT2D eigenvalue weighted by molar-refractivity contribution is 0.580. The quantitative estimate of drug-likeness (QED) is 0.650. The van der Waals surface area contributed by atoms with E-state index in [9.17, 15) is 4.79 Å². The Morgan fingerprint density at radius 1 is 0.609 bits per heavy atom. The molecule has 116 valence electrons. The molecule has 2 heteroatoms. The summed E-state index contributed by atoms with van der Waals surface area (Å²) in [5.74, 6) is 1.21. The molecule has 0 bridgehead atoms. The minimum absolute atomic E-state index is 0.0438. The Labute approximate surface area is 136 Å². The van der Waals surface area contributed by atoms with Crippen molar-refractivity contribution >= 4 is 0 Å². The fourth-order valence-electron chi connectivity index (χ4n) is 2.55. The summed E-state index contributed by atoms with van der Waals surface area (Å²) in [7, 11) is 0. The summed E-state index contributed by atoms with van der Waals surface area (Å²) in [6, 6.07) is 15.3. The van der Waals surface area contributed by atoms with E-state index in [1.165, 1.54) is 22.3 Å². The Hall–Kier alpha value is -2.61. The first kappa shape index (κ1) is 15.3. The van der Waals surface area contributed by atoms with Gasteiger partial charge in [-0.05, 0) is 62.1 Å². The molecule has 2 nitrogen and oxygen atoms in total. The standard InChI is InChI=1S/C21H20O2/c1-13-5-7-17(9-15(13)3)20-11-19(22)12-21(23-20)18-8-6-14(2)16(4)10-18/h5-12H,1-4H3. The molecular formula is C21H20O2. The average Bonchev–Trinajstić information content (AvgIpc) is 2.52. The molecule has 3 rings (SSSR count). The van der Waals surface area contributed by atoms with Crippen LogP contribution in [0.25, 0.3) is 22.6 Å². The van der Waals surface area contributed by atoms with Crippen molar-refractivity contribution < 1.29 is 4.42 Å². The Morgan fingerprint density at radius 3 is 1.43 bits per heavy atom. The summed E-state index contributed by atoms with van der Waals surface area (Å²) in [5.41, 5.74) is 6.62. The molecule has 0 atom stereocenters. The second kappa shape index (κ2) is 5.88. The molecule has 1 heterocycles. The summed E-state index contributed by atoms with van der Waals surface area (Å²) in [4.78, 5) is 12.1. The zero-order chi connectivity index (χ0) is 16.6. The molecule has 1 aromatic heterocycles. The van der Waals surface area contributed by atoms with Gasteiger partial charge in [0.2, 0.25) is 0 Å². The topological polar surface area (TPSA) is 30.2 Å². The number of hydrogen-bond donors (Lipinski definition) is 0. The molecule has 0 saturated carbocycles. The zero-order valence-electron chi connectivity index (χ0n) is 13.9. The van der Waals surface area contributed by atoms with Crippen LogP contribution < -0.4 is 5.43 Å². The largest absolute Gasteiger partial charge is 0.456 e. The molecule has 0 saturated heterocycles. The average molecular weight is 304 g/mol. The molecule has 0 fully saturated rings. The van der Waals surface area contributed by atoms with Gasteiger partial charge in [0.25, 0.3) is 0 Å². The summed E-state index contributed by atoms with van der Waals surface area (Å²) < 4.78 is 6.02. The van der Waals surface area contributed by atoms with E-state index in [0.717, 1.165) is 11.1 Å². The Morgan fingerprint density at radius 2 is 1.04 bits per heavy atom. The van der Waals surface area contributed by atoms with Gasteiger partial charge < -0.3 is 4.42 Å². The highest BCUT2D eigenvalue weighted by atomic mass is 16.3. The predicted molar refractivity (Wildman–Crippen MR) is 94.8 cm³/mol. The van der Waals surface area contributed by atoms with E-state index in [4.69, 9.17) is 4.42 Å². The molecule has 0 unspecified atom stereocenters. The van der Waals surface area contributed by atoms with Gasteiger partial charge in [-0.2, -0.15) is 0 Å². The second-order valence-electron chi connectivity index (χ2n) is 6.12. The van der Waals surface area contributed by atoms with Crippen LogP contribution in [0.5, 0.6) is 0 Å². The first-order valence-corrected chi connectivity index (χ1v) is 7.74. The van der Waals surface area contributed by atoms with E-state index >= 15 is 0 Å². The summed E-state index contributed by atoms with van der Waals surface area (Å²) in [5, 5.41) is 0. The summed E-state index contributed by atoms with van der Waals surface area (Å²) >= 11 is 0. The lowest BCUT2D eigenvalue weighted by Crippen LogP contribution is -1.99. The van der Waals surface area contributed by atoms with Crippen LogP contribution in [0.4, 0.5) is 0 Å². The molecule has 0 spiro atoms. The van der Waals surface area contributed by atoms with Gasteiger partial charge in [-0.1, -0.05) is 24.3 Å². The monoisotopic (exact) mass is 304 g/mol. The third-order valence-corrected chi connectivity index (χ3v) is 4.35. The number of hydrogen-bond acceptors (Lipinski definition) is 2.